The normalized spacial score (nSPS) is 19.8. The minimum absolute atomic E-state index is 0.191. The lowest BCUT2D eigenvalue weighted by atomic mass is 9.94. The van der Waals surface area contributed by atoms with Crippen molar-refractivity contribution in [1.29, 1.82) is 0 Å². The van der Waals surface area contributed by atoms with Crippen LogP contribution in [0, 0.1) is 11.8 Å². The van der Waals surface area contributed by atoms with Crippen LogP contribution in [0.15, 0.2) is 40.6 Å². The van der Waals surface area contributed by atoms with E-state index in [4.69, 9.17) is 23.2 Å². The number of aromatic nitrogens is 1. The molecule has 1 aliphatic heterocycles. The highest BCUT2D eigenvalue weighted by atomic mass is 35.5. The van der Waals surface area contributed by atoms with Crippen molar-refractivity contribution in [1.82, 2.24) is 9.29 Å². The summed E-state index contributed by atoms with van der Waals surface area (Å²) >= 11 is 14.7. The van der Waals surface area contributed by atoms with E-state index < -0.39 is 10.0 Å². The fraction of sp³-hybridized carbons (Fsp3) is 0.333. The minimum Gasteiger partial charge on any atom is -0.298 e. The van der Waals surface area contributed by atoms with Gasteiger partial charge in [-0.2, -0.15) is 4.31 Å². The number of carbonyl (C=O) groups is 1. The van der Waals surface area contributed by atoms with Crippen molar-refractivity contribution < 1.29 is 13.2 Å². The molecule has 4 rings (SSSR count). The van der Waals surface area contributed by atoms with Crippen LogP contribution in [0.5, 0.6) is 0 Å². The van der Waals surface area contributed by atoms with E-state index in [2.05, 4.69) is 24.1 Å². The summed E-state index contributed by atoms with van der Waals surface area (Å²) < 4.78 is 28.7. The molecular formula is C21H21Cl2N3O3S3. The van der Waals surface area contributed by atoms with Crippen LogP contribution < -0.4 is 5.32 Å². The number of carbonyl (C=O) groups excluding carboxylic acids is 1. The number of hydrogen-bond donors (Lipinski definition) is 1. The van der Waals surface area contributed by atoms with Gasteiger partial charge in [-0.3, -0.25) is 10.1 Å². The van der Waals surface area contributed by atoms with Crippen LogP contribution in [0.1, 0.15) is 30.6 Å². The molecule has 0 aliphatic carbocycles. The van der Waals surface area contributed by atoms with Gasteiger partial charge in [-0.1, -0.05) is 37.0 Å². The first-order valence-electron chi connectivity index (χ1n) is 9.95. The maximum atomic E-state index is 13.0. The van der Waals surface area contributed by atoms with E-state index in [0.29, 0.717) is 55.6 Å². The number of sulfonamides is 1. The van der Waals surface area contributed by atoms with E-state index in [1.807, 2.05) is 0 Å². The molecule has 0 unspecified atom stereocenters. The van der Waals surface area contributed by atoms with Gasteiger partial charge >= 0.3 is 0 Å². The highest BCUT2D eigenvalue weighted by Crippen LogP contribution is 2.39. The molecule has 3 heterocycles. The fourth-order valence-corrected chi connectivity index (χ4v) is 7.73. The molecule has 0 bridgehead atoms. The Balaban J connectivity index is 1.46. The van der Waals surface area contributed by atoms with Crippen LogP contribution in [0.4, 0.5) is 5.13 Å². The molecule has 1 fully saturated rings. The smallest absolute Gasteiger partial charge is 0.257 e. The summed E-state index contributed by atoms with van der Waals surface area (Å²) in [5.74, 6) is 0.271. The lowest BCUT2D eigenvalue weighted by molar-refractivity contribution is 0.102. The quantitative estimate of drug-likeness (QED) is 0.433. The van der Waals surface area contributed by atoms with Crippen LogP contribution in [-0.2, 0) is 10.0 Å². The molecular weight excluding hydrogens is 509 g/mol. The molecule has 1 aromatic carbocycles. The third-order valence-corrected chi connectivity index (χ3v) is 9.34. The first-order chi connectivity index (χ1) is 15.1. The summed E-state index contributed by atoms with van der Waals surface area (Å²) in [6.45, 7) is 5.16. The summed E-state index contributed by atoms with van der Waals surface area (Å²) in [5.41, 5.74) is 1.69. The summed E-state index contributed by atoms with van der Waals surface area (Å²) in [6.07, 6.45) is 1.02. The van der Waals surface area contributed by atoms with Gasteiger partial charge in [0.25, 0.3) is 5.91 Å². The van der Waals surface area contributed by atoms with Gasteiger partial charge in [0.05, 0.1) is 14.9 Å². The highest BCUT2D eigenvalue weighted by molar-refractivity contribution is 7.89. The molecule has 2 aromatic heterocycles. The van der Waals surface area contributed by atoms with Crippen molar-refractivity contribution >= 4 is 66.9 Å². The number of benzene rings is 1. The van der Waals surface area contributed by atoms with Crippen molar-refractivity contribution in [3.63, 3.8) is 0 Å². The standard InChI is InChI=1S/C21H21Cl2N3O3S3/c1-12-7-13(2)10-26(9-12)32(28,29)15-5-3-14(4-6-15)20(27)25-21-24-17(11-30-21)16-8-18(22)31-19(16)23/h3-6,8,11-13H,7,9-10H2,1-2H3,(H,24,25,27)/t12-,13+. The van der Waals surface area contributed by atoms with Crippen LogP contribution in [0.2, 0.25) is 8.67 Å². The lowest BCUT2D eigenvalue weighted by Crippen LogP contribution is -2.42. The minimum atomic E-state index is -3.59. The molecule has 0 saturated carbocycles. The number of nitrogens with zero attached hydrogens (tertiary/aromatic N) is 2. The van der Waals surface area contributed by atoms with Crippen molar-refractivity contribution in [2.45, 2.75) is 25.2 Å². The first kappa shape index (κ1) is 23.7. The summed E-state index contributed by atoms with van der Waals surface area (Å²) in [4.78, 5) is 17.2. The van der Waals surface area contributed by atoms with E-state index in [1.165, 1.54) is 46.9 Å². The zero-order valence-electron chi connectivity index (χ0n) is 17.3. The van der Waals surface area contributed by atoms with Gasteiger partial charge in [0.1, 0.15) is 4.34 Å². The third kappa shape index (κ3) is 5.03. The zero-order chi connectivity index (χ0) is 23.0. The van der Waals surface area contributed by atoms with Gasteiger partial charge < -0.3 is 0 Å². The Morgan fingerprint density at radius 3 is 2.41 bits per heavy atom. The topological polar surface area (TPSA) is 79.4 Å². The van der Waals surface area contributed by atoms with Gasteiger partial charge in [0, 0.05) is 29.6 Å². The molecule has 1 N–H and O–H groups in total. The highest BCUT2D eigenvalue weighted by Gasteiger charge is 2.31. The van der Waals surface area contributed by atoms with E-state index in [9.17, 15) is 13.2 Å². The Morgan fingerprint density at radius 2 is 1.81 bits per heavy atom. The predicted octanol–water partition coefficient (Wildman–Crippen LogP) is 6.10. The monoisotopic (exact) mass is 529 g/mol. The van der Waals surface area contributed by atoms with Crippen molar-refractivity contribution in [3.05, 3.63) is 49.9 Å². The Morgan fingerprint density at radius 1 is 1.16 bits per heavy atom. The average molecular weight is 531 g/mol. The number of hydrogen-bond acceptors (Lipinski definition) is 6. The van der Waals surface area contributed by atoms with E-state index in [0.717, 1.165) is 6.42 Å². The second kappa shape index (κ2) is 9.40. The molecule has 1 aliphatic rings. The van der Waals surface area contributed by atoms with E-state index >= 15 is 0 Å². The molecule has 3 aromatic rings. The molecule has 6 nitrogen and oxygen atoms in total. The number of thiazole rings is 1. The summed E-state index contributed by atoms with van der Waals surface area (Å²) in [7, 11) is -3.59. The molecule has 0 radical (unpaired) electrons. The molecule has 32 heavy (non-hydrogen) atoms. The van der Waals surface area contributed by atoms with Gasteiger partial charge in [0.2, 0.25) is 10.0 Å². The second-order valence-corrected chi connectivity index (χ2v) is 13.1. The van der Waals surface area contributed by atoms with E-state index in [1.54, 1.807) is 15.8 Å². The van der Waals surface area contributed by atoms with Crippen LogP contribution >= 0.6 is 45.9 Å². The van der Waals surface area contributed by atoms with Gasteiger partial charge in [-0.25, -0.2) is 13.4 Å². The Hall–Kier alpha value is -1.49. The number of amides is 1. The maximum absolute atomic E-state index is 13.0. The Labute approximate surface area is 205 Å². The molecule has 2 atom stereocenters. The summed E-state index contributed by atoms with van der Waals surface area (Å²) in [5, 5.41) is 4.94. The fourth-order valence-electron chi connectivity index (χ4n) is 3.87. The number of nitrogens with one attached hydrogen (secondary N) is 1. The number of thiophene rings is 1. The molecule has 1 saturated heterocycles. The average Bonchev–Trinajstić information content (AvgIpc) is 3.32. The summed E-state index contributed by atoms with van der Waals surface area (Å²) in [6, 6.07) is 7.73. The zero-order valence-corrected chi connectivity index (χ0v) is 21.3. The Kier molecular flexibility index (Phi) is 6.95. The van der Waals surface area contributed by atoms with Gasteiger partial charge in [-0.05, 0) is 48.6 Å². The number of anilines is 1. The lowest BCUT2D eigenvalue weighted by Gasteiger charge is -2.34. The maximum Gasteiger partial charge on any atom is 0.257 e. The number of rotatable bonds is 5. The van der Waals surface area contributed by atoms with E-state index in [-0.39, 0.29) is 10.8 Å². The van der Waals surface area contributed by atoms with Crippen LogP contribution in [0.3, 0.4) is 0 Å². The molecule has 0 spiro atoms. The van der Waals surface area contributed by atoms with Crippen molar-refractivity contribution in [2.24, 2.45) is 11.8 Å². The van der Waals surface area contributed by atoms with Crippen LogP contribution in [-0.4, -0.2) is 36.7 Å². The second-order valence-electron chi connectivity index (χ2n) is 8.02. The number of halogens is 2. The number of piperidine rings is 1. The molecule has 1 amide bonds. The molecule has 170 valence electrons. The molecule has 11 heteroatoms. The first-order valence-corrected chi connectivity index (χ1v) is 13.8. The van der Waals surface area contributed by atoms with Crippen molar-refractivity contribution in [3.8, 4) is 11.3 Å². The van der Waals surface area contributed by atoms with Gasteiger partial charge in [0.15, 0.2) is 5.13 Å². The van der Waals surface area contributed by atoms with Gasteiger partial charge in [-0.15, -0.1) is 22.7 Å². The largest absolute Gasteiger partial charge is 0.298 e. The Bertz CT molecular complexity index is 1230. The SMILES string of the molecule is C[C@@H]1C[C@H](C)CN(S(=O)(=O)c2ccc(C(=O)Nc3nc(-c4cc(Cl)sc4Cl)cs3)cc2)C1. The van der Waals surface area contributed by atoms with Crippen molar-refractivity contribution in [2.75, 3.05) is 18.4 Å². The predicted molar refractivity (Wildman–Crippen MR) is 132 cm³/mol. The van der Waals surface area contributed by atoms with Crippen LogP contribution in [0.25, 0.3) is 11.3 Å². The third-order valence-electron chi connectivity index (χ3n) is 5.25.